The molecule has 0 spiro atoms. The van der Waals surface area contributed by atoms with Crippen LogP contribution in [0.2, 0.25) is 0 Å². The molecular formula is C14H14FNO2. The van der Waals surface area contributed by atoms with Crippen LogP contribution in [-0.4, -0.2) is 15.6 Å². The second-order valence-electron chi connectivity index (χ2n) is 4.21. The van der Waals surface area contributed by atoms with Gasteiger partial charge in [0, 0.05) is 18.9 Å². The van der Waals surface area contributed by atoms with Gasteiger partial charge < -0.3 is 9.67 Å². The van der Waals surface area contributed by atoms with E-state index in [0.29, 0.717) is 12.1 Å². The van der Waals surface area contributed by atoms with Crippen molar-refractivity contribution in [3.05, 3.63) is 60.2 Å². The van der Waals surface area contributed by atoms with Crippen molar-refractivity contribution >= 4 is 5.97 Å². The Morgan fingerprint density at radius 2 is 1.89 bits per heavy atom. The molecule has 0 bridgehead atoms. The van der Waals surface area contributed by atoms with Crippen LogP contribution in [0.15, 0.2) is 48.8 Å². The molecule has 0 radical (unpaired) electrons. The number of aliphatic carboxylic acids is 1. The molecule has 94 valence electrons. The van der Waals surface area contributed by atoms with Crippen molar-refractivity contribution in [1.29, 1.82) is 0 Å². The zero-order chi connectivity index (χ0) is 13.0. The van der Waals surface area contributed by atoms with Crippen LogP contribution in [0.4, 0.5) is 4.39 Å². The molecule has 0 aliphatic carbocycles. The number of carbonyl (C=O) groups is 1. The summed E-state index contributed by atoms with van der Waals surface area (Å²) in [6.07, 6.45) is 3.80. The van der Waals surface area contributed by atoms with Crippen LogP contribution in [0.25, 0.3) is 0 Å². The zero-order valence-corrected chi connectivity index (χ0v) is 9.79. The van der Waals surface area contributed by atoms with E-state index in [9.17, 15) is 14.3 Å². The minimum absolute atomic E-state index is 0.195. The molecule has 0 aliphatic rings. The van der Waals surface area contributed by atoms with E-state index < -0.39 is 11.9 Å². The monoisotopic (exact) mass is 247 g/mol. The highest BCUT2D eigenvalue weighted by atomic mass is 19.1. The van der Waals surface area contributed by atoms with Crippen molar-refractivity contribution in [3.63, 3.8) is 0 Å². The van der Waals surface area contributed by atoms with Crippen molar-refractivity contribution in [3.8, 4) is 0 Å². The Balaban J connectivity index is 2.12. The predicted octanol–water partition coefficient (Wildman–Crippen LogP) is 2.57. The van der Waals surface area contributed by atoms with Gasteiger partial charge in [-0.05, 0) is 30.2 Å². The molecule has 4 heteroatoms. The average Bonchev–Trinajstić information content (AvgIpc) is 2.83. The van der Waals surface area contributed by atoms with Gasteiger partial charge in [-0.15, -0.1) is 0 Å². The second-order valence-corrected chi connectivity index (χ2v) is 4.21. The van der Waals surface area contributed by atoms with E-state index in [-0.39, 0.29) is 12.2 Å². The molecule has 1 unspecified atom stereocenters. The predicted molar refractivity (Wildman–Crippen MR) is 65.7 cm³/mol. The molecule has 0 amide bonds. The van der Waals surface area contributed by atoms with E-state index in [1.54, 1.807) is 35.2 Å². The number of rotatable bonds is 5. The van der Waals surface area contributed by atoms with Gasteiger partial charge in [0.1, 0.15) is 5.82 Å². The van der Waals surface area contributed by atoms with Gasteiger partial charge in [-0.3, -0.25) is 4.79 Å². The Morgan fingerprint density at radius 1 is 1.22 bits per heavy atom. The largest absolute Gasteiger partial charge is 0.481 e. The van der Waals surface area contributed by atoms with Crippen molar-refractivity contribution in [1.82, 2.24) is 4.57 Å². The molecule has 1 heterocycles. The fourth-order valence-corrected chi connectivity index (χ4v) is 1.91. The maximum atomic E-state index is 13.5. The van der Waals surface area contributed by atoms with E-state index in [2.05, 4.69) is 0 Å². The average molecular weight is 247 g/mol. The van der Waals surface area contributed by atoms with Crippen LogP contribution < -0.4 is 0 Å². The molecule has 2 rings (SSSR count). The van der Waals surface area contributed by atoms with Crippen LogP contribution in [0.1, 0.15) is 5.56 Å². The summed E-state index contributed by atoms with van der Waals surface area (Å²) in [4.78, 5) is 11.2. The molecule has 1 atom stereocenters. The summed E-state index contributed by atoms with van der Waals surface area (Å²) in [5.41, 5.74) is 0.442. The number of hydrogen-bond acceptors (Lipinski definition) is 1. The maximum Gasteiger partial charge on any atom is 0.308 e. The summed E-state index contributed by atoms with van der Waals surface area (Å²) in [6, 6.07) is 9.96. The Bertz CT molecular complexity index is 522. The molecule has 0 aliphatic heterocycles. The first-order valence-electron chi connectivity index (χ1n) is 5.74. The van der Waals surface area contributed by atoms with Crippen LogP contribution in [0, 0.1) is 11.7 Å². The SMILES string of the molecule is O=C(O)C(Cc1ccccc1F)Cn1cccc1. The molecule has 1 aromatic carbocycles. The van der Waals surface area contributed by atoms with Gasteiger partial charge >= 0.3 is 5.97 Å². The summed E-state index contributed by atoms with van der Waals surface area (Å²) in [7, 11) is 0. The molecular weight excluding hydrogens is 233 g/mol. The lowest BCUT2D eigenvalue weighted by Crippen LogP contribution is -2.22. The van der Waals surface area contributed by atoms with Crippen molar-refractivity contribution < 1.29 is 14.3 Å². The Labute approximate surface area is 104 Å². The molecule has 0 saturated carbocycles. The van der Waals surface area contributed by atoms with Gasteiger partial charge in [0.25, 0.3) is 0 Å². The highest BCUT2D eigenvalue weighted by molar-refractivity contribution is 5.70. The lowest BCUT2D eigenvalue weighted by Gasteiger charge is -2.13. The van der Waals surface area contributed by atoms with E-state index in [1.165, 1.54) is 6.07 Å². The first-order valence-corrected chi connectivity index (χ1v) is 5.74. The fraction of sp³-hybridized carbons (Fsp3) is 0.214. The van der Waals surface area contributed by atoms with Crippen LogP contribution in [0.3, 0.4) is 0 Å². The Kier molecular flexibility index (Phi) is 3.77. The summed E-state index contributed by atoms with van der Waals surface area (Å²) >= 11 is 0. The van der Waals surface area contributed by atoms with E-state index in [1.807, 2.05) is 12.1 Å². The van der Waals surface area contributed by atoms with Gasteiger partial charge in [0.15, 0.2) is 0 Å². The Hall–Kier alpha value is -2.10. The lowest BCUT2D eigenvalue weighted by atomic mass is 9.99. The third-order valence-corrected chi connectivity index (χ3v) is 2.87. The van der Waals surface area contributed by atoms with Crippen LogP contribution >= 0.6 is 0 Å². The van der Waals surface area contributed by atoms with E-state index in [0.717, 1.165) is 0 Å². The van der Waals surface area contributed by atoms with Crippen LogP contribution in [0.5, 0.6) is 0 Å². The minimum atomic E-state index is -0.910. The second kappa shape index (κ2) is 5.49. The smallest absolute Gasteiger partial charge is 0.308 e. The quantitative estimate of drug-likeness (QED) is 0.882. The number of hydrogen-bond donors (Lipinski definition) is 1. The fourth-order valence-electron chi connectivity index (χ4n) is 1.91. The Morgan fingerprint density at radius 3 is 2.50 bits per heavy atom. The van der Waals surface area contributed by atoms with E-state index >= 15 is 0 Å². The first-order chi connectivity index (χ1) is 8.66. The number of halogens is 1. The minimum Gasteiger partial charge on any atom is -0.481 e. The standard InChI is InChI=1S/C14H14FNO2/c15-13-6-2-1-5-11(13)9-12(14(17)18)10-16-7-3-4-8-16/h1-8,12H,9-10H2,(H,17,18). The number of aromatic nitrogens is 1. The summed E-state index contributed by atoms with van der Waals surface area (Å²) in [5, 5.41) is 9.19. The topological polar surface area (TPSA) is 42.2 Å². The zero-order valence-electron chi connectivity index (χ0n) is 9.79. The maximum absolute atomic E-state index is 13.5. The number of nitrogens with zero attached hydrogens (tertiary/aromatic N) is 1. The molecule has 0 fully saturated rings. The highest BCUT2D eigenvalue weighted by Crippen LogP contribution is 2.15. The van der Waals surface area contributed by atoms with Crippen molar-refractivity contribution in [2.75, 3.05) is 0 Å². The first kappa shape index (κ1) is 12.4. The van der Waals surface area contributed by atoms with Crippen LogP contribution in [-0.2, 0) is 17.8 Å². The normalized spacial score (nSPS) is 12.3. The molecule has 0 saturated heterocycles. The summed E-state index contributed by atoms with van der Waals surface area (Å²) in [5.74, 6) is -1.89. The van der Waals surface area contributed by atoms with Gasteiger partial charge in [-0.25, -0.2) is 4.39 Å². The van der Waals surface area contributed by atoms with Gasteiger partial charge in [0.2, 0.25) is 0 Å². The molecule has 2 aromatic rings. The van der Waals surface area contributed by atoms with E-state index in [4.69, 9.17) is 0 Å². The number of carboxylic acids is 1. The molecule has 1 N–H and O–H groups in total. The molecule has 3 nitrogen and oxygen atoms in total. The van der Waals surface area contributed by atoms with Gasteiger partial charge in [0.05, 0.1) is 5.92 Å². The van der Waals surface area contributed by atoms with Crippen molar-refractivity contribution in [2.45, 2.75) is 13.0 Å². The third-order valence-electron chi connectivity index (χ3n) is 2.87. The van der Waals surface area contributed by atoms with Crippen molar-refractivity contribution in [2.24, 2.45) is 5.92 Å². The number of benzene rings is 1. The molecule has 18 heavy (non-hydrogen) atoms. The number of carboxylic acid groups (broad SMARTS) is 1. The van der Waals surface area contributed by atoms with Gasteiger partial charge in [-0.2, -0.15) is 0 Å². The molecule has 1 aromatic heterocycles. The highest BCUT2D eigenvalue weighted by Gasteiger charge is 2.19. The van der Waals surface area contributed by atoms with Gasteiger partial charge in [-0.1, -0.05) is 18.2 Å². The third kappa shape index (κ3) is 2.97. The summed E-state index contributed by atoms with van der Waals surface area (Å²) in [6.45, 7) is 0.344. The summed E-state index contributed by atoms with van der Waals surface area (Å²) < 4.78 is 15.3. The lowest BCUT2D eigenvalue weighted by molar-refractivity contribution is -0.142.